The highest BCUT2D eigenvalue weighted by molar-refractivity contribution is 6.29. The number of piperidine rings is 1. The van der Waals surface area contributed by atoms with Crippen molar-refractivity contribution < 1.29 is 19.4 Å². The second-order valence-corrected chi connectivity index (χ2v) is 5.33. The van der Waals surface area contributed by atoms with Crippen molar-refractivity contribution in [2.75, 3.05) is 31.2 Å². The minimum atomic E-state index is -1.02. The molecule has 2 aliphatic rings. The zero-order valence-electron chi connectivity index (χ0n) is 10.8. The van der Waals surface area contributed by atoms with Crippen LogP contribution in [0.5, 0.6) is 0 Å². The Hall–Kier alpha value is -1.37. The number of pyridine rings is 1. The SMILES string of the molecule is O=C(O)c1ccc(Cl)nc1N1CCCC2(C1)OCCO2. The molecule has 2 aliphatic heterocycles. The van der Waals surface area contributed by atoms with E-state index in [0.29, 0.717) is 32.1 Å². The van der Waals surface area contributed by atoms with Crippen molar-refractivity contribution in [1.29, 1.82) is 0 Å². The van der Waals surface area contributed by atoms with E-state index >= 15 is 0 Å². The van der Waals surface area contributed by atoms with E-state index in [1.807, 2.05) is 4.90 Å². The van der Waals surface area contributed by atoms with Gasteiger partial charge in [0.15, 0.2) is 5.79 Å². The summed E-state index contributed by atoms with van der Waals surface area (Å²) in [6, 6.07) is 2.96. The summed E-state index contributed by atoms with van der Waals surface area (Å²) in [5.41, 5.74) is 0.143. The molecule has 6 nitrogen and oxygen atoms in total. The number of rotatable bonds is 2. The third-order valence-electron chi connectivity index (χ3n) is 3.60. The van der Waals surface area contributed by atoms with Crippen LogP contribution < -0.4 is 4.90 Å². The highest BCUT2D eigenvalue weighted by atomic mass is 35.5. The third kappa shape index (κ3) is 2.46. The Morgan fingerprint density at radius 1 is 1.40 bits per heavy atom. The van der Waals surface area contributed by atoms with Crippen LogP contribution in [0.15, 0.2) is 12.1 Å². The molecule has 0 amide bonds. The van der Waals surface area contributed by atoms with E-state index in [9.17, 15) is 9.90 Å². The van der Waals surface area contributed by atoms with Gasteiger partial charge in [-0.05, 0) is 18.6 Å². The molecule has 0 bridgehead atoms. The number of aromatic carboxylic acids is 1. The number of nitrogens with zero attached hydrogens (tertiary/aromatic N) is 2. The van der Waals surface area contributed by atoms with Crippen LogP contribution in [0.4, 0.5) is 5.82 Å². The van der Waals surface area contributed by atoms with E-state index in [2.05, 4.69) is 4.98 Å². The van der Waals surface area contributed by atoms with E-state index in [4.69, 9.17) is 21.1 Å². The number of anilines is 1. The summed E-state index contributed by atoms with van der Waals surface area (Å²) >= 11 is 5.90. The van der Waals surface area contributed by atoms with Gasteiger partial charge in [-0.3, -0.25) is 0 Å². The quantitative estimate of drug-likeness (QED) is 0.839. The minimum absolute atomic E-state index is 0.143. The lowest BCUT2D eigenvalue weighted by Gasteiger charge is -2.39. The molecule has 2 fully saturated rings. The fourth-order valence-electron chi connectivity index (χ4n) is 2.73. The lowest BCUT2D eigenvalue weighted by atomic mass is 10.0. The fraction of sp³-hybridized carbons (Fsp3) is 0.538. The lowest BCUT2D eigenvalue weighted by Crippen LogP contribution is -2.49. The van der Waals surface area contributed by atoms with E-state index in [0.717, 1.165) is 12.8 Å². The Bertz CT molecular complexity index is 531. The molecule has 1 aromatic heterocycles. The van der Waals surface area contributed by atoms with Crippen molar-refractivity contribution in [1.82, 2.24) is 4.98 Å². The summed E-state index contributed by atoms with van der Waals surface area (Å²) in [5.74, 6) is -1.27. The molecular formula is C13H15ClN2O4. The Labute approximate surface area is 121 Å². The molecule has 1 spiro atoms. The second kappa shape index (κ2) is 5.20. The van der Waals surface area contributed by atoms with Gasteiger partial charge in [0.1, 0.15) is 16.5 Å². The van der Waals surface area contributed by atoms with Crippen LogP contribution in [0.25, 0.3) is 0 Å². The first kappa shape index (κ1) is 13.6. The van der Waals surface area contributed by atoms with E-state index in [1.165, 1.54) is 12.1 Å². The maximum absolute atomic E-state index is 11.3. The van der Waals surface area contributed by atoms with Crippen LogP contribution in [0.1, 0.15) is 23.2 Å². The number of carbonyl (C=O) groups is 1. The predicted molar refractivity (Wildman–Crippen MR) is 72.3 cm³/mol. The second-order valence-electron chi connectivity index (χ2n) is 4.94. The molecule has 0 unspecified atom stereocenters. The van der Waals surface area contributed by atoms with Crippen molar-refractivity contribution >= 4 is 23.4 Å². The molecule has 1 aromatic rings. The summed E-state index contributed by atoms with van der Waals surface area (Å²) in [5, 5.41) is 9.55. The molecule has 0 aromatic carbocycles. The highest BCUT2D eigenvalue weighted by Gasteiger charge is 2.41. The summed E-state index contributed by atoms with van der Waals surface area (Å²) in [7, 11) is 0. The van der Waals surface area contributed by atoms with Crippen molar-refractivity contribution in [2.45, 2.75) is 18.6 Å². The summed E-state index contributed by atoms with van der Waals surface area (Å²) < 4.78 is 11.4. The van der Waals surface area contributed by atoms with Crippen molar-refractivity contribution in [3.8, 4) is 0 Å². The average molecular weight is 299 g/mol. The number of carboxylic acid groups (broad SMARTS) is 1. The smallest absolute Gasteiger partial charge is 0.339 e. The average Bonchev–Trinajstić information content (AvgIpc) is 2.86. The normalized spacial score (nSPS) is 21.4. The fourth-order valence-corrected chi connectivity index (χ4v) is 2.88. The third-order valence-corrected chi connectivity index (χ3v) is 3.81. The van der Waals surface area contributed by atoms with Crippen LogP contribution in [0, 0.1) is 0 Å². The predicted octanol–water partition coefficient (Wildman–Crippen LogP) is 1.78. The monoisotopic (exact) mass is 298 g/mol. The molecule has 7 heteroatoms. The number of hydrogen-bond acceptors (Lipinski definition) is 5. The molecule has 20 heavy (non-hydrogen) atoms. The maximum Gasteiger partial charge on any atom is 0.339 e. The number of hydrogen-bond donors (Lipinski definition) is 1. The van der Waals surface area contributed by atoms with Crippen LogP contribution in [-0.4, -0.2) is 48.2 Å². The molecule has 0 aliphatic carbocycles. The molecule has 0 radical (unpaired) electrons. The first-order valence-corrected chi connectivity index (χ1v) is 6.90. The molecular weight excluding hydrogens is 284 g/mol. The van der Waals surface area contributed by atoms with Crippen molar-refractivity contribution in [2.24, 2.45) is 0 Å². The zero-order valence-corrected chi connectivity index (χ0v) is 11.6. The van der Waals surface area contributed by atoms with Gasteiger partial charge in [-0.2, -0.15) is 0 Å². The van der Waals surface area contributed by atoms with Gasteiger partial charge in [-0.25, -0.2) is 9.78 Å². The number of carboxylic acids is 1. The summed E-state index contributed by atoms with van der Waals surface area (Å²) in [6.07, 6.45) is 1.67. The molecule has 3 heterocycles. The van der Waals surface area contributed by atoms with Crippen LogP contribution >= 0.6 is 11.6 Å². The van der Waals surface area contributed by atoms with E-state index in [1.54, 1.807) is 0 Å². The minimum Gasteiger partial charge on any atom is -0.478 e. The topological polar surface area (TPSA) is 71.9 Å². The molecule has 2 saturated heterocycles. The number of aromatic nitrogens is 1. The van der Waals surface area contributed by atoms with Gasteiger partial charge < -0.3 is 19.5 Å². The van der Waals surface area contributed by atoms with E-state index in [-0.39, 0.29) is 10.7 Å². The lowest BCUT2D eigenvalue weighted by molar-refractivity contribution is -0.161. The van der Waals surface area contributed by atoms with E-state index < -0.39 is 11.8 Å². The highest BCUT2D eigenvalue weighted by Crippen LogP contribution is 2.33. The van der Waals surface area contributed by atoms with Crippen LogP contribution in [0.3, 0.4) is 0 Å². The first-order chi connectivity index (χ1) is 9.60. The van der Waals surface area contributed by atoms with Crippen molar-refractivity contribution in [3.05, 3.63) is 22.8 Å². The molecule has 0 saturated carbocycles. The number of halogens is 1. The van der Waals surface area contributed by atoms with Crippen LogP contribution in [0.2, 0.25) is 5.15 Å². The van der Waals surface area contributed by atoms with Gasteiger partial charge in [-0.1, -0.05) is 11.6 Å². The largest absolute Gasteiger partial charge is 0.478 e. The summed E-state index contributed by atoms with van der Waals surface area (Å²) in [4.78, 5) is 17.4. The van der Waals surface area contributed by atoms with Gasteiger partial charge in [0, 0.05) is 13.0 Å². The maximum atomic E-state index is 11.3. The molecule has 1 N–H and O–H groups in total. The van der Waals surface area contributed by atoms with Gasteiger partial charge >= 0.3 is 5.97 Å². The van der Waals surface area contributed by atoms with Gasteiger partial charge in [0.25, 0.3) is 0 Å². The standard InChI is InChI=1S/C13H15ClN2O4/c14-10-3-2-9(12(17)18)11(15-10)16-5-1-4-13(8-16)19-6-7-20-13/h2-3H,1,4-8H2,(H,17,18). The zero-order chi connectivity index (χ0) is 14.2. The number of ether oxygens (including phenoxy) is 2. The Balaban J connectivity index is 1.92. The van der Waals surface area contributed by atoms with Crippen LogP contribution in [-0.2, 0) is 9.47 Å². The Morgan fingerprint density at radius 2 is 2.15 bits per heavy atom. The molecule has 108 valence electrons. The summed E-state index contributed by atoms with van der Waals surface area (Å²) in [6.45, 7) is 2.33. The first-order valence-electron chi connectivity index (χ1n) is 6.52. The molecule has 0 atom stereocenters. The van der Waals surface area contributed by atoms with Crippen molar-refractivity contribution in [3.63, 3.8) is 0 Å². The van der Waals surface area contributed by atoms with Gasteiger partial charge in [-0.15, -0.1) is 0 Å². The Kier molecular flexibility index (Phi) is 3.54. The Morgan fingerprint density at radius 3 is 2.85 bits per heavy atom. The van der Waals surface area contributed by atoms with Gasteiger partial charge in [0.2, 0.25) is 0 Å². The molecule has 3 rings (SSSR count). The van der Waals surface area contributed by atoms with Gasteiger partial charge in [0.05, 0.1) is 19.8 Å².